The molecule has 1 aliphatic heterocycles. The largest absolute Gasteiger partial charge is 0.416 e. The highest BCUT2D eigenvalue weighted by atomic mass is 19.4. The number of hydrogen-bond donors (Lipinski definition) is 0. The van der Waals surface area contributed by atoms with E-state index >= 15 is 0 Å². The molecule has 0 spiro atoms. The molecule has 0 N–H and O–H groups in total. The second-order valence-corrected chi connectivity index (χ2v) is 4.81. The van der Waals surface area contributed by atoms with Gasteiger partial charge in [0.25, 0.3) is 5.91 Å². The molecule has 21 heavy (non-hydrogen) atoms. The van der Waals surface area contributed by atoms with Gasteiger partial charge in [0.05, 0.1) is 25.5 Å². The molecule has 1 aliphatic rings. The number of anilines is 1. The molecule has 1 atom stereocenters. The fraction of sp³-hybridized carbons (Fsp3) is 0.583. The average Bonchev–Trinajstić information content (AvgIpc) is 2.46. The fourth-order valence-corrected chi connectivity index (χ4v) is 1.90. The van der Waals surface area contributed by atoms with Crippen molar-refractivity contribution < 1.29 is 22.7 Å². The summed E-state index contributed by atoms with van der Waals surface area (Å²) in [4.78, 5) is 22.5. The number of amides is 1. The van der Waals surface area contributed by atoms with E-state index < -0.39 is 12.3 Å². The number of nitrogens with zero attached hydrogens (tertiary/aromatic N) is 4. The molecule has 0 aromatic carbocycles. The highest BCUT2D eigenvalue weighted by Gasteiger charge is 2.43. The van der Waals surface area contributed by atoms with Gasteiger partial charge >= 0.3 is 6.18 Å². The molecular formula is C12H15F3N4O2. The van der Waals surface area contributed by atoms with Gasteiger partial charge in [-0.2, -0.15) is 13.2 Å². The number of halogens is 3. The van der Waals surface area contributed by atoms with Crippen LogP contribution in [-0.4, -0.2) is 66.8 Å². The van der Waals surface area contributed by atoms with Crippen molar-refractivity contribution in [2.45, 2.75) is 12.3 Å². The first kappa shape index (κ1) is 15.5. The van der Waals surface area contributed by atoms with Crippen LogP contribution in [0.1, 0.15) is 10.5 Å². The summed E-state index contributed by atoms with van der Waals surface area (Å²) in [6.07, 6.45) is -3.66. The van der Waals surface area contributed by atoms with Gasteiger partial charge in [0.2, 0.25) is 0 Å². The Balaban J connectivity index is 2.18. The Kier molecular flexibility index (Phi) is 4.31. The minimum atomic E-state index is -4.43. The summed E-state index contributed by atoms with van der Waals surface area (Å²) in [5.74, 6) is -0.120. The van der Waals surface area contributed by atoms with Crippen LogP contribution in [-0.2, 0) is 4.74 Å². The van der Waals surface area contributed by atoms with Crippen LogP contribution >= 0.6 is 0 Å². The van der Waals surface area contributed by atoms with Gasteiger partial charge in [-0.05, 0) is 0 Å². The number of alkyl halides is 3. The predicted octanol–water partition coefficient (Wildman–Crippen LogP) is 0.946. The van der Waals surface area contributed by atoms with Crippen LogP contribution in [0.25, 0.3) is 0 Å². The Bertz CT molecular complexity index is 521. The molecule has 1 aromatic heterocycles. The van der Waals surface area contributed by atoms with E-state index in [2.05, 4.69) is 9.97 Å². The van der Waals surface area contributed by atoms with E-state index in [1.807, 2.05) is 0 Å². The van der Waals surface area contributed by atoms with Gasteiger partial charge in [-0.25, -0.2) is 4.98 Å². The number of hydrogen-bond acceptors (Lipinski definition) is 5. The normalized spacial score (nSPS) is 19.5. The second kappa shape index (κ2) is 5.84. The molecule has 1 fully saturated rings. The van der Waals surface area contributed by atoms with Crippen molar-refractivity contribution in [3.8, 4) is 0 Å². The number of ether oxygens (including phenoxy) is 1. The lowest BCUT2D eigenvalue weighted by Crippen LogP contribution is -2.49. The lowest BCUT2D eigenvalue weighted by molar-refractivity contribution is -0.221. The smallest absolute Gasteiger partial charge is 0.365 e. The standard InChI is InChI=1S/C12H15F3N4O2/c1-18(2)11(20)8-5-16-6-10(17-8)19-3-4-21-9(7-19)12(13,14)15/h5-6,9H,3-4,7H2,1-2H3/t9-/m1/s1. The summed E-state index contributed by atoms with van der Waals surface area (Å²) in [5.41, 5.74) is 0.0903. The first-order chi connectivity index (χ1) is 9.79. The van der Waals surface area contributed by atoms with Crippen LogP contribution in [0.15, 0.2) is 12.4 Å². The summed E-state index contributed by atoms with van der Waals surface area (Å²) >= 11 is 0. The highest BCUT2D eigenvalue weighted by molar-refractivity contribution is 5.91. The fourth-order valence-electron chi connectivity index (χ4n) is 1.90. The third kappa shape index (κ3) is 3.60. The maximum absolute atomic E-state index is 12.7. The number of carbonyl (C=O) groups is 1. The monoisotopic (exact) mass is 304 g/mol. The first-order valence-electron chi connectivity index (χ1n) is 6.26. The molecular weight excluding hydrogens is 289 g/mol. The number of carbonyl (C=O) groups excluding carboxylic acids is 1. The van der Waals surface area contributed by atoms with Crippen LogP contribution < -0.4 is 4.90 Å². The van der Waals surface area contributed by atoms with Crippen molar-refractivity contribution in [2.75, 3.05) is 38.7 Å². The van der Waals surface area contributed by atoms with Crippen molar-refractivity contribution in [1.82, 2.24) is 14.9 Å². The maximum atomic E-state index is 12.7. The molecule has 0 saturated carbocycles. The van der Waals surface area contributed by atoms with Crippen LogP contribution in [0.4, 0.5) is 19.0 Å². The summed E-state index contributed by atoms with van der Waals surface area (Å²) in [5, 5.41) is 0. The van der Waals surface area contributed by atoms with Gasteiger partial charge < -0.3 is 14.5 Å². The highest BCUT2D eigenvalue weighted by Crippen LogP contribution is 2.27. The Morgan fingerprint density at radius 3 is 2.76 bits per heavy atom. The summed E-state index contributed by atoms with van der Waals surface area (Å²) in [6, 6.07) is 0. The predicted molar refractivity (Wildman–Crippen MR) is 68.1 cm³/mol. The van der Waals surface area contributed by atoms with E-state index in [9.17, 15) is 18.0 Å². The molecule has 0 bridgehead atoms. The molecule has 1 aromatic rings. The molecule has 9 heteroatoms. The molecule has 1 amide bonds. The van der Waals surface area contributed by atoms with Crippen molar-refractivity contribution in [1.29, 1.82) is 0 Å². The minimum absolute atomic E-state index is 0.0578. The zero-order valence-corrected chi connectivity index (χ0v) is 11.6. The lowest BCUT2D eigenvalue weighted by Gasteiger charge is -2.34. The topological polar surface area (TPSA) is 58.6 Å². The van der Waals surface area contributed by atoms with Crippen LogP contribution in [0.5, 0.6) is 0 Å². The molecule has 2 heterocycles. The molecule has 6 nitrogen and oxygen atoms in total. The van der Waals surface area contributed by atoms with Crippen molar-refractivity contribution in [3.05, 3.63) is 18.1 Å². The lowest BCUT2D eigenvalue weighted by atomic mass is 10.2. The molecule has 0 radical (unpaired) electrons. The van der Waals surface area contributed by atoms with Crippen molar-refractivity contribution in [3.63, 3.8) is 0 Å². The third-order valence-corrected chi connectivity index (χ3v) is 3.00. The second-order valence-electron chi connectivity index (χ2n) is 4.81. The van der Waals surface area contributed by atoms with Gasteiger partial charge in [-0.3, -0.25) is 9.78 Å². The molecule has 1 saturated heterocycles. The van der Waals surface area contributed by atoms with E-state index in [0.29, 0.717) is 0 Å². The van der Waals surface area contributed by atoms with Crippen molar-refractivity contribution in [2.24, 2.45) is 0 Å². The molecule has 2 rings (SSSR count). The minimum Gasteiger partial charge on any atom is -0.365 e. The van der Waals surface area contributed by atoms with Crippen LogP contribution in [0.2, 0.25) is 0 Å². The van der Waals surface area contributed by atoms with Gasteiger partial charge in [0.1, 0.15) is 11.5 Å². The van der Waals surface area contributed by atoms with Gasteiger partial charge in [0, 0.05) is 20.6 Å². The first-order valence-corrected chi connectivity index (χ1v) is 6.26. The van der Waals surface area contributed by atoms with Gasteiger partial charge in [0.15, 0.2) is 6.10 Å². The molecule has 0 aliphatic carbocycles. The zero-order valence-electron chi connectivity index (χ0n) is 11.6. The maximum Gasteiger partial charge on any atom is 0.416 e. The number of rotatable bonds is 2. The third-order valence-electron chi connectivity index (χ3n) is 3.00. The number of morpholine rings is 1. The van der Waals surface area contributed by atoms with Crippen LogP contribution in [0, 0.1) is 0 Å². The van der Waals surface area contributed by atoms with E-state index in [4.69, 9.17) is 4.74 Å². The Hall–Kier alpha value is -1.90. The quantitative estimate of drug-likeness (QED) is 0.814. The molecule has 116 valence electrons. The van der Waals surface area contributed by atoms with Gasteiger partial charge in [-0.1, -0.05) is 0 Å². The summed E-state index contributed by atoms with van der Waals surface area (Å²) in [7, 11) is 3.12. The Morgan fingerprint density at radius 1 is 1.43 bits per heavy atom. The van der Waals surface area contributed by atoms with E-state index in [0.717, 1.165) is 0 Å². The zero-order chi connectivity index (χ0) is 15.6. The Morgan fingerprint density at radius 2 is 2.14 bits per heavy atom. The van der Waals surface area contributed by atoms with Crippen molar-refractivity contribution >= 4 is 11.7 Å². The average molecular weight is 304 g/mol. The Labute approximate surface area is 119 Å². The van der Waals surface area contributed by atoms with E-state index in [1.54, 1.807) is 14.1 Å². The number of aromatic nitrogens is 2. The van der Waals surface area contributed by atoms with E-state index in [1.165, 1.54) is 22.2 Å². The SMILES string of the molecule is CN(C)C(=O)c1cncc(N2CCO[C@@H](C(F)(F)F)C2)n1. The summed E-state index contributed by atoms with van der Waals surface area (Å²) in [6.45, 7) is -0.156. The van der Waals surface area contributed by atoms with E-state index in [-0.39, 0.29) is 37.1 Å². The van der Waals surface area contributed by atoms with Gasteiger partial charge in [-0.15, -0.1) is 0 Å². The van der Waals surface area contributed by atoms with Crippen LogP contribution in [0.3, 0.4) is 0 Å². The summed E-state index contributed by atoms with van der Waals surface area (Å²) < 4.78 is 42.8. The molecule has 0 unspecified atom stereocenters.